The molecule has 0 spiro atoms. The van der Waals surface area contributed by atoms with Gasteiger partial charge < -0.3 is 15.0 Å². The smallest absolute Gasteiger partial charge is 0.244 e. The average Bonchev–Trinajstić information content (AvgIpc) is 3.46. The van der Waals surface area contributed by atoms with E-state index in [1.807, 2.05) is 36.4 Å². The number of rotatable bonds is 12. The lowest BCUT2D eigenvalue weighted by atomic mass is 10.0. The summed E-state index contributed by atoms with van der Waals surface area (Å²) in [6.45, 7) is -0.499. The number of nitrogens with zero attached hydrogens (tertiary/aromatic N) is 2. The van der Waals surface area contributed by atoms with Gasteiger partial charge in [0, 0.05) is 29.1 Å². The van der Waals surface area contributed by atoms with Gasteiger partial charge in [-0.25, -0.2) is 8.42 Å². The molecule has 1 aliphatic carbocycles. The third-order valence-electron chi connectivity index (χ3n) is 7.27. The second-order valence-corrected chi connectivity index (χ2v) is 13.2. The fourth-order valence-corrected chi connectivity index (χ4v) is 6.53. The molecule has 0 bridgehead atoms. The summed E-state index contributed by atoms with van der Waals surface area (Å²) in [6, 6.07) is 20.1. The van der Waals surface area contributed by atoms with Crippen LogP contribution in [-0.4, -0.2) is 57.1 Å². The van der Waals surface area contributed by atoms with E-state index in [9.17, 15) is 18.0 Å². The minimum Gasteiger partial charge on any atom is -0.497 e. The Morgan fingerprint density at radius 3 is 2.21 bits per heavy atom. The molecule has 4 rings (SSSR count). The Kier molecular flexibility index (Phi) is 10.8. The monoisotopic (exact) mass is 631 g/mol. The SMILES string of the molecule is COc1cccc(CN(C(=O)CN(c2cc(Cl)cc(Cl)c2)S(C)(=O)=O)[C@@H](Cc2ccccc2)C(=O)NC2CCCC2)c1. The number of amides is 2. The van der Waals surface area contributed by atoms with E-state index in [0.29, 0.717) is 5.75 Å². The van der Waals surface area contributed by atoms with Crippen LogP contribution in [0.3, 0.4) is 0 Å². The fourth-order valence-electron chi connectivity index (χ4n) is 5.19. The highest BCUT2D eigenvalue weighted by Gasteiger charge is 2.34. The molecule has 0 aromatic heterocycles. The van der Waals surface area contributed by atoms with Crippen molar-refractivity contribution >= 4 is 50.7 Å². The highest BCUT2D eigenvalue weighted by atomic mass is 35.5. The zero-order chi connectivity index (χ0) is 30.3. The lowest BCUT2D eigenvalue weighted by molar-refractivity contribution is -0.140. The van der Waals surface area contributed by atoms with Gasteiger partial charge in [-0.1, -0.05) is 78.5 Å². The van der Waals surface area contributed by atoms with E-state index in [1.54, 1.807) is 25.3 Å². The first kappa shape index (κ1) is 31.7. The van der Waals surface area contributed by atoms with E-state index >= 15 is 0 Å². The highest BCUT2D eigenvalue weighted by Crippen LogP contribution is 2.28. The van der Waals surface area contributed by atoms with Crippen LogP contribution in [0.15, 0.2) is 72.8 Å². The second-order valence-electron chi connectivity index (χ2n) is 10.5. The summed E-state index contributed by atoms with van der Waals surface area (Å²) in [5, 5.41) is 3.60. The van der Waals surface area contributed by atoms with Crippen LogP contribution in [0.2, 0.25) is 10.0 Å². The summed E-state index contributed by atoms with van der Waals surface area (Å²) < 4.78 is 32.2. The van der Waals surface area contributed by atoms with Crippen molar-refractivity contribution in [2.45, 2.75) is 50.7 Å². The summed E-state index contributed by atoms with van der Waals surface area (Å²) in [4.78, 5) is 29.6. The van der Waals surface area contributed by atoms with Crippen molar-refractivity contribution in [3.8, 4) is 5.75 Å². The Morgan fingerprint density at radius 1 is 0.952 bits per heavy atom. The third kappa shape index (κ3) is 8.63. The summed E-state index contributed by atoms with van der Waals surface area (Å²) >= 11 is 12.4. The molecule has 3 aromatic rings. The molecule has 11 heteroatoms. The Hall–Kier alpha value is -3.27. The summed E-state index contributed by atoms with van der Waals surface area (Å²) in [5.74, 6) is -0.234. The molecule has 42 heavy (non-hydrogen) atoms. The van der Waals surface area contributed by atoms with Crippen molar-refractivity contribution in [1.82, 2.24) is 10.2 Å². The topological polar surface area (TPSA) is 96.0 Å². The van der Waals surface area contributed by atoms with Crippen molar-refractivity contribution in [2.24, 2.45) is 0 Å². The molecule has 1 saturated carbocycles. The largest absolute Gasteiger partial charge is 0.497 e. The number of halogens is 2. The molecule has 2 amide bonds. The molecule has 0 heterocycles. The Morgan fingerprint density at radius 2 is 1.60 bits per heavy atom. The van der Waals surface area contributed by atoms with Gasteiger partial charge in [-0.05, 0) is 54.3 Å². The van der Waals surface area contributed by atoms with Crippen LogP contribution in [0, 0.1) is 0 Å². The van der Waals surface area contributed by atoms with Crippen LogP contribution in [-0.2, 0) is 32.6 Å². The second kappa shape index (κ2) is 14.3. The number of hydrogen-bond donors (Lipinski definition) is 1. The van der Waals surface area contributed by atoms with Gasteiger partial charge in [-0.15, -0.1) is 0 Å². The van der Waals surface area contributed by atoms with E-state index in [4.69, 9.17) is 27.9 Å². The zero-order valence-electron chi connectivity index (χ0n) is 23.6. The normalized spacial score (nSPS) is 14.3. The Bertz CT molecular complexity index is 1480. The molecule has 3 aromatic carbocycles. The van der Waals surface area contributed by atoms with Crippen molar-refractivity contribution in [2.75, 3.05) is 24.2 Å². The summed E-state index contributed by atoms with van der Waals surface area (Å²) in [7, 11) is -2.39. The predicted molar refractivity (Wildman–Crippen MR) is 167 cm³/mol. The molecule has 0 radical (unpaired) electrons. The Labute approximate surface area is 257 Å². The first-order chi connectivity index (χ1) is 20.0. The van der Waals surface area contributed by atoms with Crippen LogP contribution in [0.5, 0.6) is 5.75 Å². The lowest BCUT2D eigenvalue weighted by Gasteiger charge is -2.34. The molecule has 0 aliphatic heterocycles. The highest BCUT2D eigenvalue weighted by molar-refractivity contribution is 7.92. The van der Waals surface area contributed by atoms with Gasteiger partial charge >= 0.3 is 0 Å². The summed E-state index contributed by atoms with van der Waals surface area (Å²) in [6.07, 6.45) is 5.08. The molecule has 1 aliphatic rings. The molecule has 8 nitrogen and oxygen atoms in total. The number of benzene rings is 3. The maximum absolute atomic E-state index is 14.2. The van der Waals surface area contributed by atoms with Crippen LogP contribution < -0.4 is 14.4 Å². The maximum atomic E-state index is 14.2. The minimum atomic E-state index is -3.94. The van der Waals surface area contributed by atoms with E-state index in [1.165, 1.54) is 23.1 Å². The van der Waals surface area contributed by atoms with E-state index in [-0.39, 0.29) is 40.6 Å². The number of ether oxygens (including phenoxy) is 1. The maximum Gasteiger partial charge on any atom is 0.244 e. The van der Waals surface area contributed by atoms with Crippen LogP contribution in [0.25, 0.3) is 0 Å². The predicted octanol–water partition coefficient (Wildman–Crippen LogP) is 5.47. The van der Waals surface area contributed by atoms with Gasteiger partial charge in [0.1, 0.15) is 18.3 Å². The third-order valence-corrected chi connectivity index (χ3v) is 8.85. The molecule has 1 atom stereocenters. The van der Waals surface area contributed by atoms with Crippen LogP contribution in [0.4, 0.5) is 5.69 Å². The first-order valence-corrected chi connectivity index (χ1v) is 16.3. The first-order valence-electron chi connectivity index (χ1n) is 13.7. The molecule has 1 N–H and O–H groups in total. The van der Waals surface area contributed by atoms with Crippen molar-refractivity contribution in [1.29, 1.82) is 0 Å². The number of carbonyl (C=O) groups is 2. The van der Waals surface area contributed by atoms with Crippen molar-refractivity contribution in [3.63, 3.8) is 0 Å². The van der Waals surface area contributed by atoms with Gasteiger partial charge in [0.15, 0.2) is 0 Å². The lowest BCUT2D eigenvalue weighted by Crippen LogP contribution is -2.54. The fraction of sp³-hybridized carbons (Fsp3) is 0.355. The summed E-state index contributed by atoms with van der Waals surface area (Å²) in [5.41, 5.74) is 1.75. The van der Waals surface area contributed by atoms with Crippen molar-refractivity contribution in [3.05, 3.63) is 94.0 Å². The number of anilines is 1. The van der Waals surface area contributed by atoms with Gasteiger partial charge in [-0.2, -0.15) is 0 Å². The average molecular weight is 633 g/mol. The molecular formula is C31H35Cl2N3O5S. The number of nitrogens with one attached hydrogen (secondary N) is 1. The number of sulfonamides is 1. The van der Waals surface area contributed by atoms with Gasteiger partial charge in [-0.3, -0.25) is 13.9 Å². The van der Waals surface area contributed by atoms with E-state index in [0.717, 1.165) is 47.4 Å². The van der Waals surface area contributed by atoms with Gasteiger partial charge in [0.25, 0.3) is 0 Å². The number of methoxy groups -OCH3 is 1. The van der Waals surface area contributed by atoms with Crippen LogP contribution >= 0.6 is 23.2 Å². The van der Waals surface area contributed by atoms with Crippen molar-refractivity contribution < 1.29 is 22.7 Å². The van der Waals surface area contributed by atoms with Gasteiger partial charge in [0.2, 0.25) is 21.8 Å². The molecular weight excluding hydrogens is 597 g/mol. The molecule has 1 fully saturated rings. The Balaban J connectivity index is 1.75. The standard InChI is InChI=1S/C31H35Cl2N3O5S/c1-41-28-14-8-11-23(15-28)20-35(30(37)21-36(42(2,39)40)27-18-24(32)17-25(33)19-27)29(16-22-9-4-3-5-10-22)31(38)34-26-12-6-7-13-26/h3-5,8-11,14-15,17-19,26,29H,6-7,12-13,16,20-21H2,1-2H3,(H,34,38)/t29-/m0/s1. The zero-order valence-corrected chi connectivity index (χ0v) is 26.0. The number of carbonyl (C=O) groups excluding carboxylic acids is 2. The van der Waals surface area contributed by atoms with E-state index < -0.39 is 28.5 Å². The number of hydrogen-bond acceptors (Lipinski definition) is 5. The molecule has 0 saturated heterocycles. The van der Waals surface area contributed by atoms with Crippen LogP contribution in [0.1, 0.15) is 36.8 Å². The van der Waals surface area contributed by atoms with E-state index in [2.05, 4.69) is 5.32 Å². The minimum absolute atomic E-state index is 0.0330. The quantitative estimate of drug-likeness (QED) is 0.286. The molecule has 224 valence electrons. The van der Waals surface area contributed by atoms with Gasteiger partial charge in [0.05, 0.1) is 19.1 Å². The molecule has 0 unspecified atom stereocenters.